The van der Waals surface area contributed by atoms with Crippen LogP contribution in [0.5, 0.6) is 0 Å². The summed E-state index contributed by atoms with van der Waals surface area (Å²) in [4.78, 5) is 28.7. The predicted molar refractivity (Wildman–Crippen MR) is 124 cm³/mol. The van der Waals surface area contributed by atoms with Gasteiger partial charge < -0.3 is 15.4 Å². The summed E-state index contributed by atoms with van der Waals surface area (Å²) >= 11 is 0. The van der Waals surface area contributed by atoms with Crippen molar-refractivity contribution in [3.63, 3.8) is 0 Å². The lowest BCUT2D eigenvalue weighted by Crippen LogP contribution is -2.23. The van der Waals surface area contributed by atoms with E-state index >= 15 is 0 Å². The molecule has 6 nitrogen and oxygen atoms in total. The molecule has 0 atom stereocenters. The van der Waals surface area contributed by atoms with Gasteiger partial charge in [0.15, 0.2) is 0 Å². The van der Waals surface area contributed by atoms with Crippen LogP contribution in [0, 0.1) is 0 Å². The molecular weight excluding hydrogens is 459 g/mol. The van der Waals surface area contributed by atoms with Gasteiger partial charge in [-0.15, -0.1) is 0 Å². The van der Waals surface area contributed by atoms with Gasteiger partial charge >= 0.3 is 12.1 Å². The molecule has 0 fully saturated rings. The van der Waals surface area contributed by atoms with Crippen LogP contribution in [0.3, 0.4) is 0 Å². The number of rotatable bonds is 7. The van der Waals surface area contributed by atoms with Gasteiger partial charge in [0.25, 0.3) is 5.91 Å². The van der Waals surface area contributed by atoms with Gasteiger partial charge in [-0.25, -0.2) is 4.79 Å². The van der Waals surface area contributed by atoms with Gasteiger partial charge in [0, 0.05) is 30.6 Å². The molecule has 0 saturated carbocycles. The molecule has 0 saturated heterocycles. The van der Waals surface area contributed by atoms with Crippen LogP contribution in [0.1, 0.15) is 38.3 Å². The maximum absolute atomic E-state index is 12.9. The number of carbonyl (C=O) groups is 2. The molecule has 9 heteroatoms. The van der Waals surface area contributed by atoms with Crippen molar-refractivity contribution in [1.29, 1.82) is 0 Å². The number of amides is 1. The summed E-state index contributed by atoms with van der Waals surface area (Å²) in [6, 6.07) is 13.7. The van der Waals surface area contributed by atoms with Gasteiger partial charge in [-0.2, -0.15) is 13.2 Å². The van der Waals surface area contributed by atoms with E-state index in [0.29, 0.717) is 29.7 Å². The molecule has 1 aromatic heterocycles. The minimum atomic E-state index is -4.43. The number of aromatic nitrogens is 1. The summed E-state index contributed by atoms with van der Waals surface area (Å²) < 4.78 is 43.4. The first-order chi connectivity index (χ1) is 16.7. The van der Waals surface area contributed by atoms with E-state index in [1.54, 1.807) is 30.5 Å². The van der Waals surface area contributed by atoms with Gasteiger partial charge in [-0.05, 0) is 53.1 Å². The van der Waals surface area contributed by atoms with Gasteiger partial charge in [-0.3, -0.25) is 9.78 Å². The number of alkyl halides is 3. The maximum atomic E-state index is 12.9. The molecular formula is C26H22F3N3O3. The molecule has 0 bridgehead atoms. The highest BCUT2D eigenvalue weighted by Crippen LogP contribution is 2.29. The normalized spacial score (nSPS) is 12.5. The van der Waals surface area contributed by atoms with E-state index in [-0.39, 0.29) is 18.4 Å². The lowest BCUT2D eigenvalue weighted by molar-refractivity contribution is -0.138. The number of methoxy groups -OCH3 is 1. The van der Waals surface area contributed by atoms with Crippen LogP contribution in [0.25, 0.3) is 6.08 Å². The second kappa shape index (κ2) is 10.0. The smallest absolute Gasteiger partial charge is 0.416 e. The van der Waals surface area contributed by atoms with Crippen LogP contribution in [-0.2, 0) is 35.2 Å². The van der Waals surface area contributed by atoms with Gasteiger partial charge in [0.1, 0.15) is 0 Å². The van der Waals surface area contributed by atoms with E-state index in [1.807, 2.05) is 12.1 Å². The quantitative estimate of drug-likeness (QED) is 0.476. The second-order valence-corrected chi connectivity index (χ2v) is 8.03. The van der Waals surface area contributed by atoms with Crippen LogP contribution >= 0.6 is 0 Å². The number of ether oxygens (including phenoxy) is 1. The third kappa shape index (κ3) is 5.87. The van der Waals surface area contributed by atoms with E-state index in [4.69, 9.17) is 4.74 Å². The highest BCUT2D eigenvalue weighted by molar-refractivity contribution is 5.96. The Kier molecular flexibility index (Phi) is 6.86. The van der Waals surface area contributed by atoms with Crippen molar-refractivity contribution < 1.29 is 27.5 Å². The predicted octanol–water partition coefficient (Wildman–Crippen LogP) is 4.76. The molecule has 2 N–H and O–H groups in total. The van der Waals surface area contributed by atoms with E-state index in [1.165, 1.54) is 19.2 Å². The number of anilines is 1. The summed E-state index contributed by atoms with van der Waals surface area (Å²) in [6.07, 6.45) is -0.567. The first kappa shape index (κ1) is 24.0. The van der Waals surface area contributed by atoms with Crippen molar-refractivity contribution in [2.75, 3.05) is 12.4 Å². The molecule has 1 amide bonds. The van der Waals surface area contributed by atoms with Crippen molar-refractivity contribution in [3.8, 4) is 0 Å². The van der Waals surface area contributed by atoms with Crippen LogP contribution in [0.2, 0.25) is 0 Å². The second-order valence-electron chi connectivity index (χ2n) is 8.03. The van der Waals surface area contributed by atoms with Crippen LogP contribution in [-0.4, -0.2) is 24.0 Å². The summed E-state index contributed by atoms with van der Waals surface area (Å²) in [5, 5.41) is 5.91. The average molecular weight is 481 g/mol. The van der Waals surface area contributed by atoms with Crippen LogP contribution in [0.15, 0.2) is 66.4 Å². The number of nitrogens with zero attached hydrogens (tertiary/aromatic N) is 1. The highest BCUT2D eigenvalue weighted by Gasteiger charge is 2.30. The topological polar surface area (TPSA) is 80.3 Å². The molecule has 35 heavy (non-hydrogen) atoms. The van der Waals surface area contributed by atoms with Crippen molar-refractivity contribution in [3.05, 3.63) is 99.9 Å². The first-order valence-electron chi connectivity index (χ1n) is 10.8. The number of hydrogen-bond acceptors (Lipinski definition) is 5. The number of benzene rings is 2. The number of carbonyl (C=O) groups excluding carboxylic acids is 2. The molecule has 3 aromatic rings. The molecule has 4 rings (SSSR count). The van der Waals surface area contributed by atoms with Crippen molar-refractivity contribution in [2.24, 2.45) is 0 Å². The average Bonchev–Trinajstić information content (AvgIpc) is 3.29. The zero-order valence-electron chi connectivity index (χ0n) is 18.8. The summed E-state index contributed by atoms with van der Waals surface area (Å²) in [5.74, 6) is -0.760. The Bertz CT molecular complexity index is 1300. The standard InChI is InChI=1S/C26H22F3N3O3/c1-35-25(34)20-10-19-11-22(15-31-23(19)12-20)30-13-16-4-2-6-18(8-16)24(33)32-14-17-5-3-7-21(9-17)26(27,28)29/h2-11,15,30H,12-14H2,1H3,(H,32,33). The molecule has 2 aromatic carbocycles. The van der Waals surface area contributed by atoms with Crippen LogP contribution < -0.4 is 10.6 Å². The molecule has 0 spiro atoms. The Hall–Kier alpha value is -4.14. The van der Waals surface area contributed by atoms with Gasteiger partial charge in [-0.1, -0.05) is 24.3 Å². The Morgan fingerprint density at radius 1 is 1.03 bits per heavy atom. The number of nitrogens with one attached hydrogen (secondary N) is 2. The third-order valence-electron chi connectivity index (χ3n) is 5.53. The van der Waals surface area contributed by atoms with Gasteiger partial charge in [0.05, 0.1) is 30.3 Å². The van der Waals surface area contributed by atoms with E-state index in [0.717, 1.165) is 34.6 Å². The summed E-state index contributed by atoms with van der Waals surface area (Å²) in [7, 11) is 1.34. The van der Waals surface area contributed by atoms with Crippen molar-refractivity contribution in [2.45, 2.75) is 25.7 Å². The largest absolute Gasteiger partial charge is 0.466 e. The number of halogens is 3. The van der Waals surface area contributed by atoms with E-state index < -0.39 is 11.7 Å². The number of hydrogen-bond donors (Lipinski definition) is 2. The number of fused-ring (bicyclic) bond motifs is 1. The van der Waals surface area contributed by atoms with E-state index in [2.05, 4.69) is 15.6 Å². The minimum Gasteiger partial charge on any atom is -0.466 e. The SMILES string of the molecule is COC(=O)C1=Cc2cc(NCc3cccc(C(=O)NCc4cccc(C(F)(F)F)c4)c3)cnc2C1. The fourth-order valence-electron chi connectivity index (χ4n) is 3.73. The third-order valence-corrected chi connectivity index (χ3v) is 5.53. The van der Waals surface area contributed by atoms with Crippen LogP contribution in [0.4, 0.5) is 18.9 Å². The molecule has 1 heterocycles. The Morgan fingerprint density at radius 3 is 2.51 bits per heavy atom. The zero-order valence-corrected chi connectivity index (χ0v) is 18.8. The minimum absolute atomic E-state index is 0.0207. The Morgan fingerprint density at radius 2 is 1.77 bits per heavy atom. The van der Waals surface area contributed by atoms with Crippen molar-refractivity contribution in [1.82, 2.24) is 10.3 Å². The fraction of sp³-hybridized carbons (Fsp3) is 0.192. The molecule has 0 unspecified atom stereocenters. The molecule has 0 radical (unpaired) electrons. The number of pyridine rings is 1. The van der Waals surface area contributed by atoms with Gasteiger partial charge in [0.2, 0.25) is 0 Å². The maximum Gasteiger partial charge on any atom is 0.416 e. The summed E-state index contributed by atoms with van der Waals surface area (Å²) in [6.45, 7) is 0.399. The van der Waals surface area contributed by atoms with E-state index in [9.17, 15) is 22.8 Å². The molecule has 1 aliphatic rings. The number of esters is 1. The highest BCUT2D eigenvalue weighted by atomic mass is 19.4. The molecule has 180 valence electrons. The Balaban J connectivity index is 1.36. The lowest BCUT2D eigenvalue weighted by atomic mass is 10.1. The van der Waals surface area contributed by atoms with Crippen molar-refractivity contribution >= 4 is 23.6 Å². The molecule has 1 aliphatic carbocycles. The zero-order chi connectivity index (χ0) is 25.0. The fourth-order valence-corrected chi connectivity index (χ4v) is 3.73. The summed E-state index contributed by atoms with van der Waals surface area (Å²) in [5.41, 5.74) is 3.79. The first-order valence-corrected chi connectivity index (χ1v) is 10.8. The Labute approximate surface area is 199 Å². The molecule has 0 aliphatic heterocycles. The monoisotopic (exact) mass is 481 g/mol. The lowest BCUT2D eigenvalue weighted by Gasteiger charge is -2.11.